The van der Waals surface area contributed by atoms with Crippen molar-refractivity contribution in [2.45, 2.75) is 25.7 Å². The van der Waals surface area contributed by atoms with Crippen molar-refractivity contribution in [2.24, 2.45) is 0 Å². The predicted octanol–water partition coefficient (Wildman–Crippen LogP) is 5.71. The molecule has 0 radical (unpaired) electrons. The van der Waals surface area contributed by atoms with Gasteiger partial charge in [0.05, 0.1) is 10.7 Å². The average Bonchev–Trinajstić information content (AvgIpc) is 3.20. The average molecular weight is 359 g/mol. The van der Waals surface area contributed by atoms with E-state index in [9.17, 15) is 0 Å². The van der Waals surface area contributed by atoms with Crippen LogP contribution in [0, 0.1) is 6.92 Å². The summed E-state index contributed by atoms with van der Waals surface area (Å²) < 4.78 is 5.44. The van der Waals surface area contributed by atoms with Gasteiger partial charge >= 0.3 is 0 Å². The molecule has 5 rings (SSSR count). The lowest BCUT2D eigenvalue weighted by Crippen LogP contribution is -1.84. The Hall–Kier alpha value is -2.79. The fourth-order valence-corrected chi connectivity index (χ4v) is 3.96. The summed E-state index contributed by atoms with van der Waals surface area (Å²) in [5, 5.41) is 7.55. The third-order valence-corrected chi connectivity index (χ3v) is 5.59. The molecular weight excluding hydrogens is 342 g/mol. The van der Waals surface area contributed by atoms with Gasteiger partial charge in [-0.1, -0.05) is 47.1 Å². The normalized spacial score (nSPS) is 13.9. The third kappa shape index (κ3) is 2.95. The fourth-order valence-electron chi connectivity index (χ4n) is 2.96. The molecule has 2 aromatic carbocycles. The van der Waals surface area contributed by atoms with Crippen LogP contribution in [0.15, 0.2) is 58.4 Å². The molecule has 1 fully saturated rings. The maximum atomic E-state index is 5.44. The van der Waals surface area contributed by atoms with Gasteiger partial charge in [0.25, 0.3) is 5.89 Å². The lowest BCUT2D eigenvalue weighted by atomic mass is 10.1. The first-order chi connectivity index (χ1) is 12.8. The largest absolute Gasteiger partial charge is 0.334 e. The number of benzene rings is 2. The van der Waals surface area contributed by atoms with E-state index in [0.29, 0.717) is 17.6 Å². The molecule has 0 N–H and O–H groups in total. The van der Waals surface area contributed by atoms with Gasteiger partial charge in [0.1, 0.15) is 0 Å². The Bertz CT molecular complexity index is 1060. The van der Waals surface area contributed by atoms with Crippen molar-refractivity contribution in [1.29, 1.82) is 0 Å². The minimum atomic E-state index is 0.543. The first kappa shape index (κ1) is 15.5. The van der Waals surface area contributed by atoms with Crippen molar-refractivity contribution in [3.05, 3.63) is 64.5 Å². The van der Waals surface area contributed by atoms with Gasteiger partial charge < -0.3 is 4.52 Å². The molecule has 4 aromatic rings. The van der Waals surface area contributed by atoms with Gasteiger partial charge in [0.15, 0.2) is 0 Å². The number of thiazole rings is 1. The second-order valence-corrected chi connectivity index (χ2v) is 7.60. The molecule has 1 saturated carbocycles. The molecule has 0 aliphatic heterocycles. The van der Waals surface area contributed by atoms with Crippen molar-refractivity contribution in [2.75, 3.05) is 0 Å². The molecule has 0 spiro atoms. The van der Waals surface area contributed by atoms with Crippen LogP contribution in [0.25, 0.3) is 34.1 Å². The van der Waals surface area contributed by atoms with Crippen molar-refractivity contribution in [3.8, 4) is 34.1 Å². The Balaban J connectivity index is 1.40. The molecule has 0 amide bonds. The highest BCUT2D eigenvalue weighted by Gasteiger charge is 2.26. The molecule has 1 aliphatic rings. The van der Waals surface area contributed by atoms with Gasteiger partial charge in [-0.05, 0) is 31.9 Å². The van der Waals surface area contributed by atoms with E-state index in [1.54, 1.807) is 11.3 Å². The fraction of sp³-hybridized carbons (Fsp3) is 0.190. The van der Waals surface area contributed by atoms with E-state index in [-0.39, 0.29) is 0 Å². The van der Waals surface area contributed by atoms with E-state index < -0.39 is 0 Å². The van der Waals surface area contributed by atoms with E-state index in [1.807, 2.05) is 43.3 Å². The summed E-state index contributed by atoms with van der Waals surface area (Å²) in [5.74, 6) is 1.85. The number of aryl methyl sites for hydroxylation is 1. The number of hydrogen-bond acceptors (Lipinski definition) is 5. The first-order valence-electron chi connectivity index (χ1n) is 8.73. The van der Waals surface area contributed by atoms with Crippen LogP contribution in [0.1, 0.15) is 29.3 Å². The second kappa shape index (κ2) is 6.18. The number of hydrogen-bond donors (Lipinski definition) is 0. The van der Waals surface area contributed by atoms with Crippen molar-refractivity contribution < 1.29 is 4.52 Å². The third-order valence-electron chi connectivity index (χ3n) is 4.58. The van der Waals surface area contributed by atoms with Crippen LogP contribution in [0.4, 0.5) is 0 Å². The smallest absolute Gasteiger partial charge is 0.258 e. The van der Waals surface area contributed by atoms with Gasteiger partial charge in [-0.25, -0.2) is 4.98 Å². The minimum absolute atomic E-state index is 0.543. The number of rotatable bonds is 4. The van der Waals surface area contributed by atoms with Gasteiger partial charge in [-0.2, -0.15) is 4.98 Å². The second-order valence-electron chi connectivity index (χ2n) is 6.72. The Kier molecular flexibility index (Phi) is 3.68. The SMILES string of the molecule is Cc1cccc(-c2nc(-c3ccc(-c4csc(C5CC5)n4)cc3)no2)c1. The van der Waals surface area contributed by atoms with Crippen LogP contribution in [0.3, 0.4) is 0 Å². The van der Waals surface area contributed by atoms with E-state index in [0.717, 1.165) is 22.4 Å². The van der Waals surface area contributed by atoms with Crippen LogP contribution in [-0.2, 0) is 0 Å². The summed E-state index contributed by atoms with van der Waals surface area (Å²) in [6.45, 7) is 2.05. The molecule has 0 atom stereocenters. The van der Waals surface area contributed by atoms with Crippen molar-refractivity contribution in [1.82, 2.24) is 15.1 Å². The molecule has 128 valence electrons. The molecule has 2 heterocycles. The maximum absolute atomic E-state index is 5.44. The Morgan fingerprint density at radius 2 is 1.77 bits per heavy atom. The van der Waals surface area contributed by atoms with Crippen molar-refractivity contribution in [3.63, 3.8) is 0 Å². The monoisotopic (exact) mass is 359 g/mol. The lowest BCUT2D eigenvalue weighted by Gasteiger charge is -1.98. The van der Waals surface area contributed by atoms with Crippen LogP contribution >= 0.6 is 11.3 Å². The Labute approximate surface area is 155 Å². The summed E-state index contributed by atoms with van der Waals surface area (Å²) in [6.07, 6.45) is 2.57. The highest BCUT2D eigenvalue weighted by atomic mass is 32.1. The highest BCUT2D eigenvalue weighted by molar-refractivity contribution is 7.10. The van der Waals surface area contributed by atoms with Gasteiger partial charge in [-0.15, -0.1) is 11.3 Å². The van der Waals surface area contributed by atoms with E-state index >= 15 is 0 Å². The predicted molar refractivity (Wildman–Crippen MR) is 103 cm³/mol. The summed E-state index contributed by atoms with van der Waals surface area (Å²) in [5.41, 5.74) is 5.22. The van der Waals surface area contributed by atoms with Gasteiger partial charge in [0, 0.05) is 28.0 Å². The lowest BCUT2D eigenvalue weighted by molar-refractivity contribution is 0.432. The molecule has 0 unspecified atom stereocenters. The summed E-state index contributed by atoms with van der Waals surface area (Å²) in [7, 11) is 0. The molecule has 2 aromatic heterocycles. The number of aromatic nitrogens is 3. The zero-order chi connectivity index (χ0) is 17.5. The molecule has 26 heavy (non-hydrogen) atoms. The molecule has 1 aliphatic carbocycles. The van der Waals surface area contributed by atoms with Crippen LogP contribution in [-0.4, -0.2) is 15.1 Å². The van der Waals surface area contributed by atoms with E-state index in [2.05, 4.69) is 27.7 Å². The molecule has 4 nitrogen and oxygen atoms in total. The van der Waals surface area contributed by atoms with Crippen LogP contribution < -0.4 is 0 Å². The molecular formula is C21H17N3OS. The summed E-state index contributed by atoms with van der Waals surface area (Å²) in [6, 6.07) is 16.3. The van der Waals surface area contributed by atoms with Gasteiger partial charge in [0.2, 0.25) is 5.82 Å². The first-order valence-corrected chi connectivity index (χ1v) is 9.61. The quantitative estimate of drug-likeness (QED) is 0.468. The van der Waals surface area contributed by atoms with Crippen molar-refractivity contribution >= 4 is 11.3 Å². The topological polar surface area (TPSA) is 51.8 Å². The standard InChI is InChI=1S/C21H17N3OS/c1-13-3-2-4-17(11-13)20-23-19(24-25-20)15-7-5-14(6-8-15)18-12-26-21(22-18)16-9-10-16/h2-8,11-12,16H,9-10H2,1H3. The summed E-state index contributed by atoms with van der Waals surface area (Å²) in [4.78, 5) is 9.30. The number of nitrogens with zero attached hydrogens (tertiary/aromatic N) is 3. The Morgan fingerprint density at radius 1 is 0.962 bits per heavy atom. The molecule has 0 bridgehead atoms. The Morgan fingerprint density at radius 3 is 2.54 bits per heavy atom. The zero-order valence-electron chi connectivity index (χ0n) is 14.3. The van der Waals surface area contributed by atoms with Crippen LogP contribution in [0.5, 0.6) is 0 Å². The summed E-state index contributed by atoms with van der Waals surface area (Å²) >= 11 is 1.77. The maximum Gasteiger partial charge on any atom is 0.258 e. The van der Waals surface area contributed by atoms with E-state index in [4.69, 9.17) is 9.51 Å². The minimum Gasteiger partial charge on any atom is -0.334 e. The highest BCUT2D eigenvalue weighted by Crippen LogP contribution is 2.42. The van der Waals surface area contributed by atoms with Crippen LogP contribution in [0.2, 0.25) is 0 Å². The molecule has 0 saturated heterocycles. The molecule has 5 heteroatoms. The van der Waals surface area contributed by atoms with E-state index in [1.165, 1.54) is 23.4 Å². The van der Waals surface area contributed by atoms with Gasteiger partial charge in [-0.3, -0.25) is 0 Å². The zero-order valence-corrected chi connectivity index (χ0v) is 15.2.